The van der Waals surface area contributed by atoms with Gasteiger partial charge in [-0.15, -0.1) is 0 Å². The number of carbonyl (C=O) groups is 1. The number of pyridine rings is 1. The van der Waals surface area contributed by atoms with Crippen LogP contribution in [0, 0.1) is 0 Å². The van der Waals surface area contributed by atoms with Gasteiger partial charge in [-0.2, -0.15) is 0 Å². The van der Waals surface area contributed by atoms with Crippen molar-refractivity contribution in [3.63, 3.8) is 0 Å². The van der Waals surface area contributed by atoms with Crippen molar-refractivity contribution in [3.8, 4) is 0 Å². The summed E-state index contributed by atoms with van der Waals surface area (Å²) in [7, 11) is 0. The van der Waals surface area contributed by atoms with E-state index < -0.39 is 11.2 Å². The van der Waals surface area contributed by atoms with Gasteiger partial charge in [0.05, 0.1) is 17.1 Å². The van der Waals surface area contributed by atoms with Gasteiger partial charge in [0.15, 0.2) is 0 Å². The van der Waals surface area contributed by atoms with Crippen LogP contribution < -0.4 is 11.2 Å². The lowest BCUT2D eigenvalue weighted by Gasteiger charge is -2.26. The number of aromatic nitrogens is 3. The summed E-state index contributed by atoms with van der Waals surface area (Å²) >= 11 is 0. The molecule has 1 unspecified atom stereocenters. The summed E-state index contributed by atoms with van der Waals surface area (Å²) in [5.74, 6) is -0.211. The smallest absolute Gasteiger partial charge is 0.330 e. The first-order chi connectivity index (χ1) is 15.1. The third-order valence-electron chi connectivity index (χ3n) is 5.89. The van der Waals surface area contributed by atoms with Crippen LogP contribution in [-0.4, -0.2) is 44.6 Å². The van der Waals surface area contributed by atoms with E-state index in [0.29, 0.717) is 30.9 Å². The number of nitrogens with zero attached hydrogens (tertiary/aromatic N) is 3. The van der Waals surface area contributed by atoms with E-state index in [9.17, 15) is 14.4 Å². The molecule has 0 radical (unpaired) electrons. The zero-order valence-electron chi connectivity index (χ0n) is 17.1. The summed E-state index contributed by atoms with van der Waals surface area (Å²) in [5.41, 5.74) is 0.709. The van der Waals surface area contributed by atoms with Crippen LogP contribution in [0.2, 0.25) is 0 Å². The van der Waals surface area contributed by atoms with Crippen molar-refractivity contribution in [1.82, 2.24) is 19.4 Å². The normalized spacial score (nSPS) is 18.4. The summed E-state index contributed by atoms with van der Waals surface area (Å²) in [6.07, 6.45) is 5.15. The second-order valence-corrected chi connectivity index (χ2v) is 8.26. The predicted octanol–water partition coefficient (Wildman–Crippen LogP) is 2.24. The number of hydrogen-bond acceptors (Lipinski definition) is 5. The summed E-state index contributed by atoms with van der Waals surface area (Å²) in [4.78, 5) is 46.6. The van der Waals surface area contributed by atoms with Gasteiger partial charge in [0, 0.05) is 31.9 Å². The molecule has 1 aliphatic carbocycles. The standard InChI is InChI=1S/C23H24N4O4/c28-21-19-11-16(12-24-20(19)27(17-8-9-17)23(30)25-21)22(29)26(14-18-7-4-10-31-18)13-15-5-2-1-3-6-15/h1-3,5-6,11-12,17-18H,4,7-10,13-14H2,(H,25,28,30). The Kier molecular flexibility index (Phi) is 5.15. The van der Waals surface area contributed by atoms with Crippen LogP contribution in [0.1, 0.15) is 47.6 Å². The molecule has 1 saturated heterocycles. The van der Waals surface area contributed by atoms with Gasteiger partial charge in [0.25, 0.3) is 11.5 Å². The Morgan fingerprint density at radius 3 is 2.71 bits per heavy atom. The minimum atomic E-state index is -0.521. The SMILES string of the molecule is O=C(c1cnc2c(c1)c(=O)[nH]c(=O)n2C1CC1)N(Cc1ccccc1)CC1CCCO1. The monoisotopic (exact) mass is 420 g/mol. The first-order valence-electron chi connectivity index (χ1n) is 10.7. The van der Waals surface area contributed by atoms with E-state index in [1.807, 2.05) is 30.3 Å². The number of aromatic amines is 1. The van der Waals surface area contributed by atoms with E-state index in [1.54, 1.807) is 11.0 Å². The first-order valence-corrected chi connectivity index (χ1v) is 10.7. The number of hydrogen-bond donors (Lipinski definition) is 1. The van der Waals surface area contributed by atoms with E-state index in [-0.39, 0.29) is 23.4 Å². The molecule has 3 aromatic rings. The Hall–Kier alpha value is -3.26. The predicted molar refractivity (Wildman–Crippen MR) is 115 cm³/mol. The molecule has 1 amide bonds. The fourth-order valence-electron chi connectivity index (χ4n) is 4.17. The molecule has 8 heteroatoms. The molecule has 8 nitrogen and oxygen atoms in total. The molecule has 2 aromatic heterocycles. The van der Waals surface area contributed by atoms with Crippen LogP contribution in [0.5, 0.6) is 0 Å². The van der Waals surface area contributed by atoms with Gasteiger partial charge in [-0.25, -0.2) is 9.78 Å². The van der Waals surface area contributed by atoms with Crippen LogP contribution in [0.25, 0.3) is 11.0 Å². The molecule has 1 atom stereocenters. The highest BCUT2D eigenvalue weighted by Crippen LogP contribution is 2.34. The molecule has 0 spiro atoms. The Balaban J connectivity index is 1.50. The molecule has 2 aliphatic rings. The number of fused-ring (bicyclic) bond motifs is 1. The summed E-state index contributed by atoms with van der Waals surface area (Å²) < 4.78 is 7.28. The average Bonchev–Trinajstić information content (AvgIpc) is 3.48. The van der Waals surface area contributed by atoms with Crippen molar-refractivity contribution in [2.45, 2.75) is 44.4 Å². The van der Waals surface area contributed by atoms with Crippen molar-refractivity contribution in [1.29, 1.82) is 0 Å². The Morgan fingerprint density at radius 2 is 2.00 bits per heavy atom. The number of H-pyrrole nitrogens is 1. The van der Waals surface area contributed by atoms with Crippen molar-refractivity contribution >= 4 is 16.9 Å². The Morgan fingerprint density at radius 1 is 1.19 bits per heavy atom. The zero-order valence-corrected chi connectivity index (χ0v) is 17.1. The molecule has 1 aliphatic heterocycles. The number of carbonyl (C=O) groups excluding carboxylic acids is 1. The number of ether oxygens (including phenoxy) is 1. The Labute approximate surface area is 178 Å². The maximum Gasteiger partial charge on any atom is 0.330 e. The van der Waals surface area contributed by atoms with Crippen molar-refractivity contribution < 1.29 is 9.53 Å². The lowest BCUT2D eigenvalue weighted by Crippen LogP contribution is -2.37. The molecule has 2 fully saturated rings. The van der Waals surface area contributed by atoms with Crippen LogP contribution >= 0.6 is 0 Å². The second kappa shape index (κ2) is 8.11. The van der Waals surface area contributed by atoms with Gasteiger partial charge >= 0.3 is 5.69 Å². The molecular formula is C23H24N4O4. The number of rotatable bonds is 6. The van der Waals surface area contributed by atoms with E-state index in [0.717, 1.165) is 31.2 Å². The lowest BCUT2D eigenvalue weighted by atomic mass is 10.1. The van der Waals surface area contributed by atoms with Gasteiger partial charge in [-0.3, -0.25) is 19.1 Å². The molecule has 5 rings (SSSR count). The van der Waals surface area contributed by atoms with Crippen LogP contribution in [0.15, 0.2) is 52.2 Å². The number of benzene rings is 1. The zero-order chi connectivity index (χ0) is 21.4. The van der Waals surface area contributed by atoms with E-state index in [4.69, 9.17) is 4.74 Å². The topological polar surface area (TPSA) is 97.3 Å². The summed E-state index contributed by atoms with van der Waals surface area (Å²) in [5, 5.41) is 0.258. The highest BCUT2D eigenvalue weighted by atomic mass is 16.5. The fourth-order valence-corrected chi connectivity index (χ4v) is 4.17. The van der Waals surface area contributed by atoms with Crippen molar-refractivity contribution in [2.75, 3.05) is 13.2 Å². The van der Waals surface area contributed by atoms with Gasteiger partial charge < -0.3 is 9.64 Å². The third-order valence-corrected chi connectivity index (χ3v) is 5.89. The van der Waals surface area contributed by atoms with E-state index in [2.05, 4.69) is 9.97 Å². The molecule has 160 valence electrons. The molecule has 31 heavy (non-hydrogen) atoms. The van der Waals surface area contributed by atoms with Gasteiger partial charge in [-0.1, -0.05) is 30.3 Å². The fraction of sp³-hybridized carbons (Fsp3) is 0.391. The summed E-state index contributed by atoms with van der Waals surface area (Å²) in [6, 6.07) is 11.4. The highest BCUT2D eigenvalue weighted by Gasteiger charge is 2.29. The highest BCUT2D eigenvalue weighted by molar-refractivity contribution is 5.96. The molecular weight excluding hydrogens is 396 g/mol. The van der Waals surface area contributed by atoms with E-state index in [1.165, 1.54) is 10.8 Å². The number of amides is 1. The lowest BCUT2D eigenvalue weighted by molar-refractivity contribution is 0.0507. The van der Waals surface area contributed by atoms with Crippen LogP contribution in [0.3, 0.4) is 0 Å². The largest absolute Gasteiger partial charge is 0.376 e. The minimum Gasteiger partial charge on any atom is -0.376 e. The average molecular weight is 420 g/mol. The van der Waals surface area contributed by atoms with Crippen molar-refractivity contribution in [3.05, 3.63) is 74.6 Å². The second-order valence-electron chi connectivity index (χ2n) is 8.26. The summed E-state index contributed by atoms with van der Waals surface area (Å²) in [6.45, 7) is 1.63. The maximum atomic E-state index is 13.4. The quantitative estimate of drug-likeness (QED) is 0.660. The van der Waals surface area contributed by atoms with Gasteiger partial charge in [0.2, 0.25) is 0 Å². The molecule has 0 bridgehead atoms. The third kappa shape index (κ3) is 4.03. The first kappa shape index (κ1) is 19.7. The van der Waals surface area contributed by atoms with Gasteiger partial charge in [0.1, 0.15) is 5.65 Å². The van der Waals surface area contributed by atoms with Crippen LogP contribution in [-0.2, 0) is 11.3 Å². The molecule has 1 saturated carbocycles. The molecule has 1 aromatic carbocycles. The maximum absolute atomic E-state index is 13.4. The molecule has 3 heterocycles. The number of nitrogens with one attached hydrogen (secondary N) is 1. The molecule has 1 N–H and O–H groups in total. The van der Waals surface area contributed by atoms with Crippen molar-refractivity contribution in [2.24, 2.45) is 0 Å². The Bertz CT molecular complexity index is 1220. The van der Waals surface area contributed by atoms with E-state index >= 15 is 0 Å². The minimum absolute atomic E-state index is 0.00419. The van der Waals surface area contributed by atoms with Crippen LogP contribution in [0.4, 0.5) is 0 Å². The van der Waals surface area contributed by atoms with Gasteiger partial charge in [-0.05, 0) is 37.3 Å².